The van der Waals surface area contributed by atoms with Crippen LogP contribution in [0, 0.1) is 11.8 Å². The van der Waals surface area contributed by atoms with Crippen LogP contribution in [-0.4, -0.2) is 33.9 Å². The van der Waals surface area contributed by atoms with E-state index in [2.05, 4.69) is 17.2 Å². The lowest BCUT2D eigenvalue weighted by Crippen LogP contribution is -2.42. The zero-order valence-electron chi connectivity index (χ0n) is 20.0. The van der Waals surface area contributed by atoms with Gasteiger partial charge in [-0.25, -0.2) is 9.78 Å². The molecule has 0 aromatic carbocycles. The van der Waals surface area contributed by atoms with Gasteiger partial charge in [-0.1, -0.05) is 6.92 Å². The SMILES string of the molecule is CC1CCC(C(=O)N(c2cc(-c3ccc(NC(=O)c4ccco4)nc3)sc2C(=O)O)C(C)C)CC1. The van der Waals surface area contributed by atoms with Gasteiger partial charge in [0.25, 0.3) is 5.91 Å². The van der Waals surface area contributed by atoms with E-state index in [-0.39, 0.29) is 28.5 Å². The quantitative estimate of drug-likeness (QED) is 0.421. The second kappa shape index (κ2) is 10.4. The molecule has 1 aliphatic rings. The smallest absolute Gasteiger partial charge is 0.348 e. The maximum absolute atomic E-state index is 13.5. The van der Waals surface area contributed by atoms with Crippen LogP contribution in [0.3, 0.4) is 0 Å². The first-order valence-corrected chi connectivity index (χ1v) is 12.6. The van der Waals surface area contributed by atoms with Crippen LogP contribution in [0.2, 0.25) is 0 Å². The highest BCUT2D eigenvalue weighted by atomic mass is 32.1. The second-order valence-electron chi connectivity index (χ2n) is 9.25. The normalized spacial score (nSPS) is 17.8. The molecule has 2 N–H and O–H groups in total. The van der Waals surface area contributed by atoms with Gasteiger partial charge in [0.15, 0.2) is 5.76 Å². The number of carbonyl (C=O) groups is 3. The van der Waals surface area contributed by atoms with Crippen LogP contribution < -0.4 is 10.2 Å². The fourth-order valence-corrected chi connectivity index (χ4v) is 5.39. The number of carboxylic acids is 1. The summed E-state index contributed by atoms with van der Waals surface area (Å²) in [5.41, 5.74) is 1.12. The predicted molar refractivity (Wildman–Crippen MR) is 135 cm³/mol. The number of pyridine rings is 1. The molecule has 2 amide bonds. The van der Waals surface area contributed by atoms with E-state index in [4.69, 9.17) is 4.42 Å². The summed E-state index contributed by atoms with van der Waals surface area (Å²) in [7, 11) is 0. The summed E-state index contributed by atoms with van der Waals surface area (Å²) >= 11 is 1.11. The molecule has 0 spiro atoms. The molecular formula is C26H29N3O5S. The number of aromatic carboxylic acids is 1. The van der Waals surface area contributed by atoms with E-state index in [1.165, 1.54) is 6.26 Å². The van der Waals surface area contributed by atoms with E-state index in [0.29, 0.717) is 27.9 Å². The van der Waals surface area contributed by atoms with Gasteiger partial charge in [0.1, 0.15) is 10.7 Å². The molecule has 3 aromatic rings. The summed E-state index contributed by atoms with van der Waals surface area (Å²) in [6.45, 7) is 6.02. The zero-order chi connectivity index (χ0) is 25.1. The Labute approximate surface area is 208 Å². The van der Waals surface area contributed by atoms with Gasteiger partial charge in [0.2, 0.25) is 5.91 Å². The Morgan fingerprint density at radius 1 is 1.17 bits per heavy atom. The average Bonchev–Trinajstić information content (AvgIpc) is 3.51. The highest BCUT2D eigenvalue weighted by Crippen LogP contribution is 2.39. The molecule has 9 heteroatoms. The molecule has 3 heterocycles. The predicted octanol–water partition coefficient (Wildman–Crippen LogP) is 5.92. The first kappa shape index (κ1) is 24.7. The van der Waals surface area contributed by atoms with Crippen molar-refractivity contribution in [1.29, 1.82) is 0 Å². The first-order chi connectivity index (χ1) is 16.7. The van der Waals surface area contributed by atoms with Gasteiger partial charge in [-0.05, 0) is 75.8 Å². The second-order valence-corrected chi connectivity index (χ2v) is 10.3. The molecule has 4 rings (SSSR count). The summed E-state index contributed by atoms with van der Waals surface area (Å²) < 4.78 is 5.08. The molecule has 0 saturated heterocycles. The summed E-state index contributed by atoms with van der Waals surface area (Å²) in [5, 5.41) is 12.6. The average molecular weight is 496 g/mol. The van der Waals surface area contributed by atoms with Gasteiger partial charge in [0, 0.05) is 28.6 Å². The van der Waals surface area contributed by atoms with Crippen molar-refractivity contribution in [3.05, 3.63) is 53.4 Å². The molecule has 0 bridgehead atoms. The number of hydrogen-bond donors (Lipinski definition) is 2. The third-order valence-corrected chi connectivity index (χ3v) is 7.48. The van der Waals surface area contributed by atoms with Crippen LogP contribution in [0.5, 0.6) is 0 Å². The number of hydrogen-bond acceptors (Lipinski definition) is 6. The molecule has 184 valence electrons. The summed E-state index contributed by atoms with van der Waals surface area (Å²) in [6, 6.07) is 8.16. The highest BCUT2D eigenvalue weighted by Gasteiger charge is 2.33. The molecule has 0 unspecified atom stereocenters. The van der Waals surface area contributed by atoms with E-state index in [9.17, 15) is 19.5 Å². The maximum Gasteiger partial charge on any atom is 0.348 e. The number of rotatable bonds is 7. The van der Waals surface area contributed by atoms with Crippen LogP contribution in [0.15, 0.2) is 47.2 Å². The maximum atomic E-state index is 13.5. The Kier molecular flexibility index (Phi) is 7.35. The van der Waals surface area contributed by atoms with E-state index < -0.39 is 11.9 Å². The van der Waals surface area contributed by atoms with Crippen molar-refractivity contribution in [2.75, 3.05) is 10.2 Å². The van der Waals surface area contributed by atoms with Crippen molar-refractivity contribution in [3.63, 3.8) is 0 Å². The van der Waals surface area contributed by atoms with Gasteiger partial charge >= 0.3 is 5.97 Å². The number of aromatic nitrogens is 1. The van der Waals surface area contributed by atoms with E-state index in [1.807, 2.05) is 13.8 Å². The van der Waals surface area contributed by atoms with Crippen LogP contribution in [-0.2, 0) is 4.79 Å². The fraction of sp³-hybridized carbons (Fsp3) is 0.385. The van der Waals surface area contributed by atoms with Gasteiger partial charge in [-0.2, -0.15) is 0 Å². The monoisotopic (exact) mass is 495 g/mol. The first-order valence-electron chi connectivity index (χ1n) is 11.8. The third kappa shape index (κ3) is 5.45. The van der Waals surface area contributed by atoms with Crippen molar-refractivity contribution in [3.8, 4) is 10.4 Å². The van der Waals surface area contributed by atoms with Crippen molar-refractivity contribution in [2.45, 2.75) is 52.5 Å². The molecule has 1 aliphatic carbocycles. The van der Waals surface area contributed by atoms with Gasteiger partial charge in [0.05, 0.1) is 12.0 Å². The Hall–Kier alpha value is -3.46. The molecule has 1 saturated carbocycles. The molecule has 35 heavy (non-hydrogen) atoms. The minimum atomic E-state index is -1.07. The molecule has 3 aromatic heterocycles. The molecule has 8 nitrogen and oxygen atoms in total. The van der Waals surface area contributed by atoms with Gasteiger partial charge < -0.3 is 19.7 Å². The van der Waals surface area contributed by atoms with Gasteiger partial charge in [-0.3, -0.25) is 9.59 Å². The van der Waals surface area contributed by atoms with Crippen LogP contribution in [0.1, 0.15) is 66.7 Å². The lowest BCUT2D eigenvalue weighted by molar-refractivity contribution is -0.123. The van der Waals surface area contributed by atoms with Crippen LogP contribution >= 0.6 is 11.3 Å². The Morgan fingerprint density at radius 3 is 2.49 bits per heavy atom. The van der Waals surface area contributed by atoms with E-state index >= 15 is 0 Å². The summed E-state index contributed by atoms with van der Waals surface area (Å²) in [5.74, 6) is -0.433. The number of furan rings is 1. The minimum Gasteiger partial charge on any atom is -0.477 e. The number of carboxylic acid groups (broad SMARTS) is 1. The number of carbonyl (C=O) groups excluding carboxylic acids is 2. The number of nitrogens with zero attached hydrogens (tertiary/aromatic N) is 2. The summed E-state index contributed by atoms with van der Waals surface area (Å²) in [6.07, 6.45) is 6.67. The van der Waals surface area contributed by atoms with Crippen LogP contribution in [0.4, 0.5) is 11.5 Å². The Morgan fingerprint density at radius 2 is 1.91 bits per heavy atom. The van der Waals surface area contributed by atoms with E-state index in [0.717, 1.165) is 37.0 Å². The topological polar surface area (TPSA) is 113 Å². The summed E-state index contributed by atoms with van der Waals surface area (Å²) in [4.78, 5) is 44.5. The van der Waals surface area contributed by atoms with E-state index in [1.54, 1.807) is 41.4 Å². The van der Waals surface area contributed by atoms with Crippen molar-refractivity contribution < 1.29 is 23.9 Å². The molecule has 1 fully saturated rings. The molecular weight excluding hydrogens is 466 g/mol. The molecule has 0 aliphatic heterocycles. The van der Waals surface area contributed by atoms with Crippen molar-refractivity contribution >= 4 is 40.6 Å². The van der Waals surface area contributed by atoms with Crippen LogP contribution in [0.25, 0.3) is 10.4 Å². The fourth-order valence-electron chi connectivity index (χ4n) is 4.41. The lowest BCUT2D eigenvalue weighted by atomic mass is 9.82. The minimum absolute atomic E-state index is 0.00661. The number of amides is 2. The van der Waals surface area contributed by atoms with Crippen molar-refractivity contribution in [2.24, 2.45) is 11.8 Å². The standard InChI is InChI=1S/C26H29N3O5S/c1-15(2)29(25(31)17-8-6-16(3)7-9-17)19-13-21(35-23(19)26(32)33)18-10-11-22(27-14-18)28-24(30)20-5-4-12-34-20/h4-5,10-17H,6-9H2,1-3H3,(H,32,33)(H,27,28,30). The highest BCUT2D eigenvalue weighted by molar-refractivity contribution is 7.18. The van der Waals surface area contributed by atoms with Gasteiger partial charge in [-0.15, -0.1) is 11.3 Å². The molecule has 0 atom stereocenters. The lowest BCUT2D eigenvalue weighted by Gasteiger charge is -2.33. The number of thiophene rings is 1. The molecule has 0 radical (unpaired) electrons. The Bertz CT molecular complexity index is 1190. The zero-order valence-corrected chi connectivity index (χ0v) is 20.8. The Balaban J connectivity index is 1.59. The third-order valence-electron chi connectivity index (χ3n) is 6.32. The number of anilines is 2. The van der Waals surface area contributed by atoms with Crippen molar-refractivity contribution in [1.82, 2.24) is 4.98 Å². The number of nitrogens with one attached hydrogen (secondary N) is 1. The largest absolute Gasteiger partial charge is 0.477 e.